The second-order valence-corrected chi connectivity index (χ2v) is 6.77. The van der Waals surface area contributed by atoms with Gasteiger partial charge in [-0.2, -0.15) is 5.26 Å². The van der Waals surface area contributed by atoms with Gasteiger partial charge in [-0.1, -0.05) is 23.7 Å². The van der Waals surface area contributed by atoms with Crippen LogP contribution in [0.5, 0.6) is 0 Å². The van der Waals surface area contributed by atoms with Gasteiger partial charge in [-0.05, 0) is 50.6 Å². The largest absolute Gasteiger partial charge is 0.460 e. The van der Waals surface area contributed by atoms with Gasteiger partial charge in [0.15, 0.2) is 0 Å². The molecular formula is C21H21N3O2. The van der Waals surface area contributed by atoms with E-state index in [2.05, 4.69) is 16.1 Å². The quantitative estimate of drug-likeness (QED) is 0.675. The number of nitrogens with zero attached hydrogens (tertiary/aromatic N) is 3. The number of aryl methyl sites for hydroxylation is 1. The number of likely N-dealkylation sites (tertiary alicyclic amines) is 1. The first-order valence-electron chi connectivity index (χ1n) is 9.00. The molecule has 1 aliphatic heterocycles. The molecule has 0 saturated carbocycles. The summed E-state index contributed by atoms with van der Waals surface area (Å²) < 4.78 is 11.3. The third-order valence-electron chi connectivity index (χ3n) is 4.93. The van der Waals surface area contributed by atoms with Crippen molar-refractivity contribution in [1.29, 1.82) is 5.26 Å². The van der Waals surface area contributed by atoms with Crippen LogP contribution in [0.2, 0.25) is 0 Å². The number of aromatic nitrogens is 1. The monoisotopic (exact) mass is 347 g/mol. The molecular weight excluding hydrogens is 326 g/mol. The predicted octanol–water partition coefficient (Wildman–Crippen LogP) is 4.84. The number of piperidine rings is 1. The average Bonchev–Trinajstić information content (AvgIpc) is 3.31. The first-order valence-corrected chi connectivity index (χ1v) is 9.00. The molecule has 5 heteroatoms. The maximum Gasteiger partial charge on any atom is 0.135 e. The molecule has 5 nitrogen and oxygen atoms in total. The molecule has 2 aromatic heterocycles. The number of hydrogen-bond acceptors (Lipinski definition) is 5. The number of furan rings is 1. The molecule has 3 heterocycles. The minimum Gasteiger partial charge on any atom is -0.460 e. The van der Waals surface area contributed by atoms with Crippen molar-refractivity contribution in [3.63, 3.8) is 0 Å². The van der Waals surface area contributed by atoms with Gasteiger partial charge in [0.2, 0.25) is 0 Å². The molecule has 0 N–H and O–H groups in total. The summed E-state index contributed by atoms with van der Waals surface area (Å²) in [5.74, 6) is 2.49. The van der Waals surface area contributed by atoms with Gasteiger partial charge in [-0.15, -0.1) is 0 Å². The van der Waals surface area contributed by atoms with Crippen LogP contribution in [0.4, 0.5) is 0 Å². The molecule has 1 aliphatic rings. The maximum absolute atomic E-state index is 9.29. The number of benzene rings is 1. The van der Waals surface area contributed by atoms with Crippen LogP contribution >= 0.6 is 0 Å². The van der Waals surface area contributed by atoms with Crippen molar-refractivity contribution in [2.24, 2.45) is 0 Å². The summed E-state index contributed by atoms with van der Waals surface area (Å²) in [6.45, 7) is 3.67. The molecule has 1 unspecified atom stereocenters. The Hall–Kier alpha value is -2.84. The topological polar surface area (TPSA) is 66.2 Å². The number of nitriles is 1. The normalized spacial score (nSPS) is 17.9. The van der Waals surface area contributed by atoms with Crippen LogP contribution in [0, 0.1) is 18.3 Å². The van der Waals surface area contributed by atoms with Crippen molar-refractivity contribution in [1.82, 2.24) is 10.1 Å². The van der Waals surface area contributed by atoms with E-state index in [4.69, 9.17) is 8.94 Å². The molecule has 0 spiro atoms. The second-order valence-electron chi connectivity index (χ2n) is 6.77. The highest BCUT2D eigenvalue weighted by Gasteiger charge is 2.27. The minimum atomic E-state index is 0.265. The van der Waals surface area contributed by atoms with Crippen molar-refractivity contribution < 1.29 is 8.94 Å². The van der Waals surface area contributed by atoms with Crippen LogP contribution < -0.4 is 0 Å². The van der Waals surface area contributed by atoms with Crippen LogP contribution in [0.15, 0.2) is 51.4 Å². The Labute approximate surface area is 152 Å². The molecule has 1 saturated heterocycles. The third-order valence-corrected chi connectivity index (χ3v) is 4.93. The lowest BCUT2D eigenvalue weighted by Crippen LogP contribution is -2.33. The highest BCUT2D eigenvalue weighted by molar-refractivity contribution is 5.66. The Balaban J connectivity index is 1.55. The SMILES string of the molecule is Cc1cc(C2CCCCN2Cc2ccc(-c3ccccc3C#N)o2)no1. The van der Waals surface area contributed by atoms with Crippen LogP contribution in [-0.4, -0.2) is 16.6 Å². The molecule has 132 valence electrons. The van der Waals surface area contributed by atoms with E-state index < -0.39 is 0 Å². The van der Waals surface area contributed by atoms with E-state index in [-0.39, 0.29) is 6.04 Å². The average molecular weight is 347 g/mol. The number of hydrogen-bond donors (Lipinski definition) is 0. The van der Waals surface area contributed by atoms with Gasteiger partial charge in [0, 0.05) is 11.6 Å². The van der Waals surface area contributed by atoms with Gasteiger partial charge in [0.05, 0.1) is 24.2 Å². The molecule has 0 bridgehead atoms. The Morgan fingerprint density at radius 3 is 2.92 bits per heavy atom. The Kier molecular flexibility index (Phi) is 4.59. The lowest BCUT2D eigenvalue weighted by molar-refractivity contribution is 0.124. The van der Waals surface area contributed by atoms with E-state index in [1.807, 2.05) is 49.4 Å². The number of rotatable bonds is 4. The highest BCUT2D eigenvalue weighted by Crippen LogP contribution is 2.33. The molecule has 0 radical (unpaired) electrons. The van der Waals surface area contributed by atoms with E-state index in [1.54, 1.807) is 0 Å². The van der Waals surface area contributed by atoms with Gasteiger partial charge < -0.3 is 8.94 Å². The fourth-order valence-electron chi connectivity index (χ4n) is 3.66. The molecule has 1 atom stereocenters. The highest BCUT2D eigenvalue weighted by atomic mass is 16.5. The summed E-state index contributed by atoms with van der Waals surface area (Å²) in [5.41, 5.74) is 2.47. The Bertz CT molecular complexity index is 935. The summed E-state index contributed by atoms with van der Waals surface area (Å²) in [7, 11) is 0. The molecule has 0 aliphatic carbocycles. The fourth-order valence-corrected chi connectivity index (χ4v) is 3.66. The van der Waals surface area contributed by atoms with Crippen LogP contribution in [0.1, 0.15) is 48.1 Å². The smallest absolute Gasteiger partial charge is 0.135 e. The van der Waals surface area contributed by atoms with Crippen molar-refractivity contribution >= 4 is 0 Å². The lowest BCUT2D eigenvalue weighted by atomic mass is 9.99. The molecule has 3 aromatic rings. The second kappa shape index (κ2) is 7.19. The zero-order chi connectivity index (χ0) is 17.9. The molecule has 1 aromatic carbocycles. The van der Waals surface area contributed by atoms with E-state index in [0.29, 0.717) is 5.56 Å². The first-order chi connectivity index (χ1) is 12.7. The summed E-state index contributed by atoms with van der Waals surface area (Å²) in [6, 6.07) is 16.0. The van der Waals surface area contributed by atoms with Gasteiger partial charge in [0.25, 0.3) is 0 Å². The lowest BCUT2D eigenvalue weighted by Gasteiger charge is -2.33. The zero-order valence-corrected chi connectivity index (χ0v) is 14.8. The molecule has 26 heavy (non-hydrogen) atoms. The Morgan fingerprint density at radius 2 is 2.12 bits per heavy atom. The van der Waals surface area contributed by atoms with Crippen molar-refractivity contribution in [3.8, 4) is 17.4 Å². The van der Waals surface area contributed by atoms with Crippen LogP contribution in [0.25, 0.3) is 11.3 Å². The third kappa shape index (κ3) is 3.29. The van der Waals surface area contributed by atoms with E-state index >= 15 is 0 Å². The summed E-state index contributed by atoms with van der Waals surface area (Å²) in [4.78, 5) is 2.40. The molecule has 0 amide bonds. The minimum absolute atomic E-state index is 0.265. The predicted molar refractivity (Wildman–Crippen MR) is 97.1 cm³/mol. The summed E-state index contributed by atoms with van der Waals surface area (Å²) >= 11 is 0. The first kappa shape index (κ1) is 16.6. The van der Waals surface area contributed by atoms with Crippen molar-refractivity contribution in [2.75, 3.05) is 6.54 Å². The zero-order valence-electron chi connectivity index (χ0n) is 14.8. The van der Waals surface area contributed by atoms with Gasteiger partial charge in [-0.3, -0.25) is 4.90 Å². The van der Waals surface area contributed by atoms with E-state index in [0.717, 1.165) is 48.0 Å². The standard InChI is InChI=1S/C21H21N3O2/c1-15-12-19(23-26-15)20-8-4-5-11-24(20)14-17-9-10-21(25-17)18-7-3-2-6-16(18)13-22/h2-3,6-7,9-10,12,20H,4-5,8,11,14H2,1H3. The fraction of sp³-hybridized carbons (Fsp3) is 0.333. The van der Waals surface area contributed by atoms with Crippen molar-refractivity contribution in [2.45, 2.75) is 38.8 Å². The van der Waals surface area contributed by atoms with Gasteiger partial charge >= 0.3 is 0 Å². The maximum atomic E-state index is 9.29. The van der Waals surface area contributed by atoms with E-state index in [1.165, 1.54) is 12.8 Å². The molecule has 1 fully saturated rings. The van der Waals surface area contributed by atoms with Crippen LogP contribution in [0.3, 0.4) is 0 Å². The van der Waals surface area contributed by atoms with E-state index in [9.17, 15) is 5.26 Å². The van der Waals surface area contributed by atoms with Gasteiger partial charge in [-0.25, -0.2) is 0 Å². The summed E-state index contributed by atoms with van der Waals surface area (Å²) in [5, 5.41) is 13.5. The Morgan fingerprint density at radius 1 is 1.23 bits per heavy atom. The van der Waals surface area contributed by atoms with Crippen molar-refractivity contribution in [3.05, 3.63) is 65.2 Å². The van der Waals surface area contributed by atoms with Crippen LogP contribution in [-0.2, 0) is 6.54 Å². The summed E-state index contributed by atoms with van der Waals surface area (Å²) in [6.07, 6.45) is 3.46. The molecule has 4 rings (SSSR count). The van der Waals surface area contributed by atoms with Gasteiger partial charge in [0.1, 0.15) is 23.0 Å².